The molecule has 0 saturated heterocycles. The molecule has 0 saturated carbocycles. The predicted molar refractivity (Wildman–Crippen MR) is 358 cm³/mol. The van der Waals surface area contributed by atoms with E-state index in [1.807, 2.05) is 0 Å². The molecule has 0 bridgehead atoms. The Kier molecular flexibility index (Phi) is 68.1. The summed E-state index contributed by atoms with van der Waals surface area (Å²) < 4.78 is 17.0. The molecule has 0 heterocycles. The quantitative estimate of drug-likeness (QED) is 0.0261. The van der Waals surface area contributed by atoms with Crippen LogP contribution in [-0.4, -0.2) is 37.2 Å². The van der Waals surface area contributed by atoms with Crippen molar-refractivity contribution in [1.29, 1.82) is 0 Å². The van der Waals surface area contributed by atoms with E-state index in [1.54, 1.807) is 0 Å². The number of ether oxygens (including phenoxy) is 3. The first-order valence-electron chi connectivity index (χ1n) is 36.3. The van der Waals surface area contributed by atoms with Crippen molar-refractivity contribution in [2.75, 3.05) is 13.2 Å². The summed E-state index contributed by atoms with van der Waals surface area (Å²) in [5.41, 5.74) is 0. The zero-order valence-corrected chi connectivity index (χ0v) is 55.0. The Morgan fingerprint density at radius 1 is 0.256 bits per heavy atom. The van der Waals surface area contributed by atoms with Crippen LogP contribution < -0.4 is 0 Å². The summed E-state index contributed by atoms with van der Waals surface area (Å²) in [6, 6.07) is 0. The van der Waals surface area contributed by atoms with Gasteiger partial charge in [-0.3, -0.25) is 14.4 Å². The Balaban J connectivity index is 4.31. The van der Waals surface area contributed by atoms with E-state index in [0.29, 0.717) is 19.3 Å². The van der Waals surface area contributed by atoms with E-state index in [0.717, 1.165) is 96.3 Å². The number of hydrogen-bond acceptors (Lipinski definition) is 6. The van der Waals surface area contributed by atoms with Gasteiger partial charge in [-0.25, -0.2) is 0 Å². The van der Waals surface area contributed by atoms with Crippen molar-refractivity contribution in [3.8, 4) is 0 Å². The highest BCUT2D eigenvalue weighted by Crippen LogP contribution is 2.18. The van der Waals surface area contributed by atoms with Gasteiger partial charge in [-0.15, -0.1) is 0 Å². The fraction of sp³-hybridized carbons (Fsp3) is 0.829. The van der Waals surface area contributed by atoms with Gasteiger partial charge in [0.05, 0.1) is 0 Å². The average Bonchev–Trinajstić information content (AvgIpc) is 3.47. The van der Waals surface area contributed by atoms with Crippen LogP contribution in [-0.2, 0) is 28.6 Å². The molecule has 0 aromatic rings. The average molecular weight is 1150 g/mol. The van der Waals surface area contributed by atoms with Gasteiger partial charge in [0.1, 0.15) is 13.2 Å². The highest BCUT2D eigenvalue weighted by molar-refractivity contribution is 5.71. The molecule has 0 radical (unpaired) electrons. The van der Waals surface area contributed by atoms with Crippen LogP contribution in [0.5, 0.6) is 0 Å². The molecule has 0 amide bonds. The minimum Gasteiger partial charge on any atom is -0.462 e. The van der Waals surface area contributed by atoms with Gasteiger partial charge >= 0.3 is 17.9 Å². The van der Waals surface area contributed by atoms with Crippen molar-refractivity contribution in [3.63, 3.8) is 0 Å². The van der Waals surface area contributed by atoms with Crippen LogP contribution in [0.3, 0.4) is 0 Å². The lowest BCUT2D eigenvalue weighted by molar-refractivity contribution is -0.167. The zero-order chi connectivity index (χ0) is 59.2. The van der Waals surface area contributed by atoms with Gasteiger partial charge in [0.25, 0.3) is 0 Å². The van der Waals surface area contributed by atoms with E-state index in [1.165, 1.54) is 250 Å². The molecule has 0 aromatic heterocycles. The summed E-state index contributed by atoms with van der Waals surface area (Å²) in [7, 11) is 0. The number of hydrogen-bond donors (Lipinski definition) is 0. The van der Waals surface area contributed by atoms with Crippen LogP contribution in [0.25, 0.3) is 0 Å². The Bertz CT molecular complexity index is 1460. The SMILES string of the molecule is CC/C=C\C/C=C\C/C=C\C/C=C\CCCCCCC(=O)OCC(COC(=O)CCCCCCCCCCCCCCC/C=C\CCCCCCCCCC)OC(=O)CCCCCCCCCCCCCCCCCCCCCCCC. The van der Waals surface area contributed by atoms with Gasteiger partial charge < -0.3 is 14.2 Å². The molecule has 82 heavy (non-hydrogen) atoms. The summed E-state index contributed by atoms with van der Waals surface area (Å²) >= 11 is 0. The van der Waals surface area contributed by atoms with Crippen LogP contribution in [0.15, 0.2) is 60.8 Å². The minimum absolute atomic E-state index is 0.0781. The summed E-state index contributed by atoms with van der Waals surface area (Å²) in [5, 5.41) is 0. The molecular formula is C76H138O6. The van der Waals surface area contributed by atoms with E-state index in [2.05, 4.69) is 81.5 Å². The molecule has 0 aliphatic heterocycles. The molecule has 0 spiro atoms. The van der Waals surface area contributed by atoms with Crippen LogP contribution >= 0.6 is 0 Å². The molecule has 0 aliphatic carbocycles. The number of carbonyl (C=O) groups is 3. The van der Waals surface area contributed by atoms with Crippen molar-refractivity contribution in [2.24, 2.45) is 0 Å². The van der Waals surface area contributed by atoms with Gasteiger partial charge in [-0.1, -0.05) is 345 Å². The fourth-order valence-electron chi connectivity index (χ4n) is 10.8. The van der Waals surface area contributed by atoms with Crippen LogP contribution in [0, 0.1) is 0 Å². The molecule has 6 nitrogen and oxygen atoms in total. The Morgan fingerprint density at radius 2 is 0.476 bits per heavy atom. The maximum atomic E-state index is 13.0. The number of rotatable bonds is 67. The molecule has 0 rings (SSSR count). The van der Waals surface area contributed by atoms with Crippen LogP contribution in [0.4, 0.5) is 0 Å². The number of allylic oxidation sites excluding steroid dienone is 10. The fourth-order valence-corrected chi connectivity index (χ4v) is 10.8. The van der Waals surface area contributed by atoms with Gasteiger partial charge in [-0.2, -0.15) is 0 Å². The molecule has 1 atom stereocenters. The second-order valence-corrected chi connectivity index (χ2v) is 24.5. The summed E-state index contributed by atoms with van der Waals surface area (Å²) in [4.78, 5) is 38.5. The van der Waals surface area contributed by atoms with Crippen molar-refractivity contribution in [2.45, 2.75) is 393 Å². The number of esters is 3. The van der Waals surface area contributed by atoms with Crippen LogP contribution in [0.1, 0.15) is 387 Å². The van der Waals surface area contributed by atoms with E-state index in [-0.39, 0.29) is 31.1 Å². The largest absolute Gasteiger partial charge is 0.462 e. The first-order chi connectivity index (χ1) is 40.5. The molecule has 1 unspecified atom stereocenters. The molecule has 478 valence electrons. The van der Waals surface area contributed by atoms with E-state index in [9.17, 15) is 14.4 Å². The second kappa shape index (κ2) is 70.6. The summed E-state index contributed by atoms with van der Waals surface area (Å²) in [5.74, 6) is -0.876. The van der Waals surface area contributed by atoms with Crippen molar-refractivity contribution in [1.82, 2.24) is 0 Å². The highest BCUT2D eigenvalue weighted by Gasteiger charge is 2.19. The third kappa shape index (κ3) is 67.9. The normalized spacial score (nSPS) is 12.4. The standard InChI is InChI=1S/C76H138O6/c1-4-7-10-13-16-19-22-25-28-31-33-35-37-38-39-41-42-45-48-51-54-57-60-63-66-69-75(78)81-72-73(71-80-74(77)68-65-62-59-56-53-50-47-44-30-27-24-21-18-15-12-9-6-3)82-76(79)70-67-64-61-58-55-52-49-46-43-40-36-34-32-29-26-23-20-17-14-11-8-5-2/h9,12,18,21,27,30-31,33,47,50,73H,4-8,10-11,13-17,19-20,22-26,28-29,32,34-46,48-49,51-72H2,1-3H3/b12-9-,21-18-,30-27-,33-31-,50-47-. The molecule has 0 N–H and O–H groups in total. The maximum absolute atomic E-state index is 13.0. The third-order valence-corrected chi connectivity index (χ3v) is 16.3. The molecular weight excluding hydrogens is 1010 g/mol. The maximum Gasteiger partial charge on any atom is 0.306 e. The Hall–Kier alpha value is -2.89. The first-order valence-corrected chi connectivity index (χ1v) is 36.3. The monoisotopic (exact) mass is 1150 g/mol. The lowest BCUT2D eigenvalue weighted by Gasteiger charge is -2.18. The predicted octanol–water partition coefficient (Wildman–Crippen LogP) is 25.1. The Morgan fingerprint density at radius 3 is 0.756 bits per heavy atom. The highest BCUT2D eigenvalue weighted by atomic mass is 16.6. The molecule has 0 aliphatic rings. The lowest BCUT2D eigenvalue weighted by atomic mass is 10.0. The Labute approximate surface area is 510 Å². The second-order valence-electron chi connectivity index (χ2n) is 24.5. The van der Waals surface area contributed by atoms with Gasteiger partial charge in [0, 0.05) is 19.3 Å². The van der Waals surface area contributed by atoms with Crippen LogP contribution in [0.2, 0.25) is 0 Å². The topological polar surface area (TPSA) is 78.9 Å². The number of unbranched alkanes of at least 4 members (excludes halogenated alkanes) is 46. The van der Waals surface area contributed by atoms with E-state index in [4.69, 9.17) is 14.2 Å². The van der Waals surface area contributed by atoms with Crippen molar-refractivity contribution in [3.05, 3.63) is 60.8 Å². The van der Waals surface area contributed by atoms with E-state index < -0.39 is 6.10 Å². The number of carbonyl (C=O) groups excluding carboxylic acids is 3. The van der Waals surface area contributed by atoms with Gasteiger partial charge in [0.15, 0.2) is 6.10 Å². The van der Waals surface area contributed by atoms with Crippen molar-refractivity contribution >= 4 is 17.9 Å². The summed E-state index contributed by atoms with van der Waals surface area (Å²) in [6.07, 6.45) is 91.1. The summed E-state index contributed by atoms with van der Waals surface area (Å²) in [6.45, 7) is 6.58. The zero-order valence-electron chi connectivity index (χ0n) is 55.0. The molecule has 6 heteroatoms. The lowest BCUT2D eigenvalue weighted by Crippen LogP contribution is -2.30. The van der Waals surface area contributed by atoms with Gasteiger partial charge in [0.2, 0.25) is 0 Å². The molecule has 0 aromatic carbocycles. The minimum atomic E-state index is -0.785. The first kappa shape index (κ1) is 79.1. The van der Waals surface area contributed by atoms with E-state index >= 15 is 0 Å². The van der Waals surface area contributed by atoms with Gasteiger partial charge in [-0.05, 0) is 83.5 Å². The third-order valence-electron chi connectivity index (χ3n) is 16.3. The van der Waals surface area contributed by atoms with Crippen molar-refractivity contribution < 1.29 is 28.6 Å². The smallest absolute Gasteiger partial charge is 0.306 e. The molecule has 0 fully saturated rings.